The molecule has 9 N–H and O–H groups in total. The third-order valence-corrected chi connectivity index (χ3v) is 21.1. The monoisotopic (exact) mass is 1710 g/mol. The van der Waals surface area contributed by atoms with Gasteiger partial charge < -0.3 is 62.2 Å². The number of aromatic nitrogens is 15. The number of aromatic carboxylic acids is 1. The van der Waals surface area contributed by atoms with Gasteiger partial charge in [-0.25, -0.2) is 64.2 Å². The molecule has 4 aliphatic heterocycles. The van der Waals surface area contributed by atoms with Gasteiger partial charge in [0.25, 0.3) is 17.7 Å². The second kappa shape index (κ2) is 37.5. The summed E-state index contributed by atoms with van der Waals surface area (Å²) in [4.78, 5) is 123. The summed E-state index contributed by atoms with van der Waals surface area (Å²) in [6.07, 6.45) is 20.6. The highest BCUT2D eigenvalue weighted by Gasteiger charge is 2.30. The fraction of sp³-hybridized carbons (Fsp3) is 0.350. The topological polar surface area (TPSA) is 396 Å². The molecule has 10 aromatic heterocycles. The second-order valence-electron chi connectivity index (χ2n) is 29.0. The zero-order valence-electron chi connectivity index (χ0n) is 66.2. The van der Waals surface area contributed by atoms with E-state index >= 15 is 0 Å². The van der Waals surface area contributed by atoms with Gasteiger partial charge in [-0.15, -0.1) is 0 Å². The smallest absolute Gasteiger partial charge is 0.410 e. The number of fused-ring (bicyclic) bond motifs is 6. The van der Waals surface area contributed by atoms with E-state index in [4.69, 9.17) is 61.1 Å². The molecule has 14 heterocycles. The summed E-state index contributed by atoms with van der Waals surface area (Å²) < 4.78 is 14.6. The molecule has 0 spiro atoms. The number of rotatable bonds is 7. The van der Waals surface area contributed by atoms with E-state index in [0.717, 1.165) is 136 Å². The summed E-state index contributed by atoms with van der Waals surface area (Å²) in [7, 11) is 0. The Kier molecular flexibility index (Phi) is 27.1. The van der Waals surface area contributed by atoms with Crippen molar-refractivity contribution in [2.45, 2.75) is 106 Å². The van der Waals surface area contributed by atoms with E-state index in [9.17, 15) is 28.8 Å². The van der Waals surface area contributed by atoms with Gasteiger partial charge in [-0.05, 0) is 146 Å². The summed E-state index contributed by atoms with van der Waals surface area (Å²) in [6.45, 7) is 26.0. The quantitative estimate of drug-likeness (QED) is 0.0779. The fourth-order valence-electron chi connectivity index (χ4n) is 14.0. The highest BCUT2D eigenvalue weighted by molar-refractivity contribution is 9.10. The Morgan fingerprint density at radius 2 is 0.974 bits per heavy atom. The Hall–Kier alpha value is -11.7. The number of ether oxygens (including phenoxy) is 1. The lowest BCUT2D eigenvalue weighted by Crippen LogP contribution is -2.48. The van der Waals surface area contributed by atoms with Gasteiger partial charge in [0.2, 0.25) is 0 Å². The second-order valence-corrected chi connectivity index (χ2v) is 30.8. The SMILES string of the molecule is CC(C)(C)OC(=O)N1CCNCC1.Cc1cccc(NC(=O)Nc2ccc(-c3nc(C)n4c(C(=O)N5CCNCC5)cnc(N)c34)c3ccccc23)c1.Cc1nc(Br)c2c(N)ncc(C(=O)N3CCCCC3)n12.Cc1ncc2c(Cl)ncc(C(=O)N3CCCCC3)n12.Cc1ncc2c(Cl)ncc(C(=O)O)n12.Cc1ncc2c(Cl)nccn12. The Bertz CT molecular complexity index is 5860. The number of carboxylic acid groups (broad SMARTS) is 1. The van der Waals surface area contributed by atoms with Crippen LogP contribution in [0.3, 0.4) is 0 Å². The molecule has 13 aromatic rings. The fourth-order valence-corrected chi connectivity index (χ4v) is 15.2. The van der Waals surface area contributed by atoms with Crippen LogP contribution in [0.5, 0.6) is 0 Å². The number of likely N-dealkylation sites (tertiary alicyclic amines) is 2. The van der Waals surface area contributed by atoms with Crippen LogP contribution in [0.2, 0.25) is 15.5 Å². The number of piperidine rings is 2. The van der Waals surface area contributed by atoms with Gasteiger partial charge in [0.05, 0.1) is 49.1 Å². The largest absolute Gasteiger partial charge is 0.477 e. The van der Waals surface area contributed by atoms with E-state index in [1.54, 1.807) is 56.0 Å². The van der Waals surface area contributed by atoms with Crippen molar-refractivity contribution in [1.29, 1.82) is 0 Å². The summed E-state index contributed by atoms with van der Waals surface area (Å²) in [5, 5.41) is 24.0. The number of benzene rings is 3. The maximum atomic E-state index is 13.5. The Morgan fingerprint density at radius 1 is 0.496 bits per heavy atom. The minimum atomic E-state index is -1.06. The van der Waals surface area contributed by atoms with E-state index in [2.05, 4.69) is 82.1 Å². The number of anilines is 4. The van der Waals surface area contributed by atoms with E-state index in [0.29, 0.717) is 102 Å². The summed E-state index contributed by atoms with van der Waals surface area (Å²) in [6, 6.07) is 18.9. The molecule has 612 valence electrons. The van der Waals surface area contributed by atoms with Crippen LogP contribution < -0.4 is 32.7 Å². The van der Waals surface area contributed by atoms with Crippen LogP contribution in [-0.2, 0) is 4.74 Å². The van der Waals surface area contributed by atoms with E-state index in [1.807, 2.05) is 141 Å². The first kappa shape index (κ1) is 84.7. The van der Waals surface area contributed by atoms with Crippen molar-refractivity contribution >= 4 is 148 Å². The summed E-state index contributed by atoms with van der Waals surface area (Å²) in [5.41, 5.74) is 20.6. The lowest BCUT2D eigenvalue weighted by atomic mass is 10.00. The molecular formula is C80H91BrCl3N25O8. The van der Waals surface area contributed by atoms with Crippen LogP contribution in [0.1, 0.15) is 136 Å². The zero-order chi connectivity index (χ0) is 83.5. The van der Waals surface area contributed by atoms with Gasteiger partial charge in [-0.3, -0.25) is 36.4 Å². The number of nitrogens with two attached hydrogens (primary N) is 2. The molecule has 6 amide bonds. The molecule has 37 heteroatoms. The van der Waals surface area contributed by atoms with Gasteiger partial charge in [0, 0.05) is 108 Å². The highest BCUT2D eigenvalue weighted by Crippen LogP contribution is 2.38. The predicted octanol–water partition coefficient (Wildman–Crippen LogP) is 12.7. The van der Waals surface area contributed by atoms with E-state index in [-0.39, 0.29) is 52.1 Å². The van der Waals surface area contributed by atoms with Crippen molar-refractivity contribution in [2.75, 3.05) is 101 Å². The first-order chi connectivity index (χ1) is 56.1. The van der Waals surface area contributed by atoms with Crippen molar-refractivity contribution in [3.63, 3.8) is 0 Å². The van der Waals surface area contributed by atoms with Gasteiger partial charge in [0.15, 0.2) is 27.0 Å². The standard InChI is InChI=1S/C30H30N8O2.C13H16BrN5O.C13H15ClN4O.C9H18N2O2.C8H6ClN3O2.C7H6ClN3/c1-18-6-5-7-20(16-18)35-30(40)36-24-11-10-23(21-8-3-4-9-22(21)24)26-27-28(31)33-17-25(38(27)19(2)34-26)29(39)37-14-12-32-13-15-37;1-8-17-11(14)10-12(15)16-7-9(19(8)10)13(20)18-5-3-2-4-6-18;1-9-15-7-10-12(14)16-8-11(18(9)10)13(19)17-5-3-2-4-6-17;1-9(2,3)13-8(12)11-6-4-10-5-7-11;1-4-10-2-5-7(9)11-3-6(8(13)14)12(4)5;1-5-10-4-6-7(8)9-2-3-11(5)6/h3-11,16-17,32H,12-15H2,1-2H3,(H2,31,33)(H2,35,36,40);7H,2-6H2,1H3,(H2,15,16);7-8H,2-6H2,1H3;10H,4-7H2,1-3H3;2-3H,1H3,(H,13,14);2-4H,1H3. The lowest BCUT2D eigenvalue weighted by Gasteiger charge is -2.30. The van der Waals surface area contributed by atoms with Crippen LogP contribution in [0.15, 0.2) is 121 Å². The molecule has 0 bridgehead atoms. The number of carboxylic acids is 1. The molecule has 4 saturated heterocycles. The number of urea groups is 1. The van der Waals surface area contributed by atoms with Crippen LogP contribution in [0.4, 0.5) is 32.6 Å². The van der Waals surface area contributed by atoms with Crippen LogP contribution in [-0.4, -0.2) is 217 Å². The number of carbonyl (C=O) groups is 6. The van der Waals surface area contributed by atoms with E-state index in [1.165, 1.54) is 35.8 Å². The molecule has 17 rings (SSSR count). The summed E-state index contributed by atoms with van der Waals surface area (Å²) in [5.74, 6) is 3.11. The number of nitrogen functional groups attached to an aromatic ring is 2. The predicted molar refractivity (Wildman–Crippen MR) is 453 cm³/mol. The first-order valence-electron chi connectivity index (χ1n) is 38.1. The van der Waals surface area contributed by atoms with Crippen LogP contribution in [0, 0.1) is 41.5 Å². The average molecular weight is 1720 g/mol. The van der Waals surface area contributed by atoms with Gasteiger partial charge in [0.1, 0.15) is 95.5 Å². The van der Waals surface area contributed by atoms with E-state index < -0.39 is 5.97 Å². The summed E-state index contributed by atoms with van der Waals surface area (Å²) >= 11 is 21.0. The van der Waals surface area contributed by atoms with Crippen molar-refractivity contribution in [3.05, 3.63) is 194 Å². The van der Waals surface area contributed by atoms with Gasteiger partial charge in [-0.1, -0.05) is 77.3 Å². The van der Waals surface area contributed by atoms with Gasteiger partial charge >= 0.3 is 18.1 Å². The van der Waals surface area contributed by atoms with Crippen molar-refractivity contribution < 1.29 is 38.6 Å². The third-order valence-electron chi connectivity index (χ3n) is 19.7. The maximum absolute atomic E-state index is 13.5. The molecule has 4 fully saturated rings. The molecule has 3 aromatic carbocycles. The number of aryl methyl sites for hydroxylation is 6. The number of nitrogens with zero attached hydrogens (tertiary/aromatic N) is 19. The molecule has 0 saturated carbocycles. The number of hydrogen-bond donors (Lipinski definition) is 7. The van der Waals surface area contributed by atoms with Crippen molar-refractivity contribution in [2.24, 2.45) is 0 Å². The normalized spacial score (nSPS) is 14.3. The maximum Gasteiger partial charge on any atom is 0.410 e. The molecule has 0 atom stereocenters. The molecule has 0 radical (unpaired) electrons. The number of nitrogens with one attached hydrogen (secondary N) is 4. The number of imidazole rings is 5. The minimum Gasteiger partial charge on any atom is -0.477 e. The number of carbonyl (C=O) groups excluding carboxylic acids is 5. The molecular weight excluding hydrogens is 1630 g/mol. The molecule has 33 nitrogen and oxygen atoms in total. The Morgan fingerprint density at radius 3 is 1.53 bits per heavy atom. The molecule has 117 heavy (non-hydrogen) atoms. The number of piperazine rings is 2. The number of hydrogen-bond acceptors (Lipinski definition) is 21. The van der Waals surface area contributed by atoms with Crippen molar-refractivity contribution in [3.8, 4) is 11.3 Å². The van der Waals surface area contributed by atoms with Crippen LogP contribution in [0.25, 0.3) is 49.6 Å². The lowest BCUT2D eigenvalue weighted by molar-refractivity contribution is 0.0228. The minimum absolute atomic E-state index is 0.00444. The first-order valence-corrected chi connectivity index (χ1v) is 40.0. The number of amides is 6. The molecule has 0 unspecified atom stereocenters. The van der Waals surface area contributed by atoms with Crippen LogP contribution >= 0.6 is 50.7 Å². The highest BCUT2D eigenvalue weighted by atomic mass is 79.9. The van der Waals surface area contributed by atoms with Crippen molar-refractivity contribution in [1.82, 2.24) is 102 Å². The molecule has 0 aliphatic carbocycles. The number of halogens is 4. The average Bonchev–Trinajstić information content (AvgIpc) is 1.57. The van der Waals surface area contributed by atoms with Gasteiger partial charge in [-0.2, -0.15) is 0 Å². The Labute approximate surface area is 696 Å². The zero-order valence-corrected chi connectivity index (χ0v) is 70.0. The molecule has 4 aliphatic rings. The Balaban J connectivity index is 0.000000139. The third kappa shape index (κ3) is 19.6.